The Morgan fingerprint density at radius 1 is 0.815 bits per heavy atom. The monoisotopic (exact) mass is 378 g/mol. The largest absolute Gasteiger partial charge is 0.290 e. The summed E-state index contributed by atoms with van der Waals surface area (Å²) >= 11 is 0. The number of rotatable bonds is 3. The zero-order valence-corrected chi connectivity index (χ0v) is 15.8. The average Bonchev–Trinajstić information content (AvgIpc) is 2.67. The molecule has 0 fully saturated rings. The average molecular weight is 378 g/mol. The molecule has 0 aromatic heterocycles. The number of carbonyl (C=O) groups excluding carboxylic acids is 1. The molecular weight excluding hydrogens is 360 g/mol. The minimum Gasteiger partial charge on any atom is -0.290 e. The van der Waals surface area contributed by atoms with Crippen molar-refractivity contribution in [1.82, 2.24) is 0 Å². The number of hydrogen-bond acceptors (Lipinski definition) is 3. The number of benzene rings is 2. The van der Waals surface area contributed by atoms with Gasteiger partial charge >= 0.3 is 0 Å². The van der Waals surface area contributed by atoms with Crippen LogP contribution in [-0.4, -0.2) is 25.7 Å². The topological polar surface area (TPSA) is 75.9 Å². The van der Waals surface area contributed by atoms with Crippen LogP contribution >= 0.6 is 0 Å². The fraction of sp³-hybridized carbons (Fsp3) is 0.0952. The van der Waals surface area contributed by atoms with E-state index in [0.29, 0.717) is 22.4 Å². The Labute approximate surface area is 158 Å². The molecule has 1 aliphatic rings. The first-order chi connectivity index (χ1) is 12.9. The Balaban J connectivity index is 2.16. The van der Waals surface area contributed by atoms with E-state index in [2.05, 4.69) is 9.39 Å². The van der Waals surface area contributed by atoms with Crippen molar-refractivity contribution < 1.29 is 13.2 Å². The van der Waals surface area contributed by atoms with Crippen LogP contribution in [0.15, 0.2) is 98.2 Å². The summed E-state index contributed by atoms with van der Waals surface area (Å²) in [6, 6.07) is 16.9. The zero-order valence-electron chi connectivity index (χ0n) is 15.0. The van der Waals surface area contributed by atoms with Crippen molar-refractivity contribution in [3.63, 3.8) is 0 Å². The lowest BCUT2D eigenvalue weighted by molar-refractivity contribution is -0.111. The van der Waals surface area contributed by atoms with Crippen molar-refractivity contribution >= 4 is 27.4 Å². The van der Waals surface area contributed by atoms with Crippen LogP contribution in [0.5, 0.6) is 0 Å². The predicted molar refractivity (Wildman–Crippen MR) is 107 cm³/mol. The number of ketones is 1. The van der Waals surface area contributed by atoms with E-state index in [1.54, 1.807) is 62.4 Å². The quantitative estimate of drug-likeness (QED) is 0.464. The fourth-order valence-electron chi connectivity index (χ4n) is 2.49. The molecule has 6 heteroatoms. The molecule has 0 radical (unpaired) electrons. The molecule has 3 rings (SSSR count). The molecule has 0 N–H and O–H groups in total. The number of sulfonamides is 1. The van der Waals surface area contributed by atoms with E-state index in [-0.39, 0.29) is 16.5 Å². The highest BCUT2D eigenvalue weighted by atomic mass is 32.2. The first kappa shape index (κ1) is 18.7. The number of carbonyl (C=O) groups is 1. The number of nitrogens with zero attached hydrogens (tertiary/aromatic N) is 2. The highest BCUT2D eigenvalue weighted by Crippen LogP contribution is 2.17. The zero-order chi connectivity index (χ0) is 19.4. The van der Waals surface area contributed by atoms with Gasteiger partial charge in [-0.2, -0.15) is 8.42 Å². The van der Waals surface area contributed by atoms with Crippen molar-refractivity contribution in [1.29, 1.82) is 0 Å². The molecule has 0 spiro atoms. The maximum atomic E-state index is 12.7. The van der Waals surface area contributed by atoms with Crippen molar-refractivity contribution in [2.45, 2.75) is 18.7 Å². The summed E-state index contributed by atoms with van der Waals surface area (Å²) in [6.07, 6.45) is 3.13. The van der Waals surface area contributed by atoms with Crippen molar-refractivity contribution in [3.8, 4) is 0 Å². The SMILES string of the molecule is CC1=CC(=NC(=NS(=O)(=O)c2ccccc2)c2ccccc2)C(C)=CC1=O. The third kappa shape index (κ3) is 4.35. The third-order valence-electron chi connectivity index (χ3n) is 4.00. The van der Waals surface area contributed by atoms with Crippen LogP contribution in [0.3, 0.4) is 0 Å². The Morgan fingerprint density at radius 3 is 2.04 bits per heavy atom. The minimum atomic E-state index is -3.93. The molecule has 27 heavy (non-hydrogen) atoms. The highest BCUT2D eigenvalue weighted by molar-refractivity contribution is 7.90. The van der Waals surface area contributed by atoms with E-state index in [1.807, 2.05) is 6.07 Å². The first-order valence-electron chi connectivity index (χ1n) is 8.32. The molecule has 0 unspecified atom stereocenters. The molecule has 0 saturated heterocycles. The molecule has 0 bridgehead atoms. The summed E-state index contributed by atoms with van der Waals surface area (Å²) in [4.78, 5) is 16.4. The van der Waals surface area contributed by atoms with Crippen LogP contribution in [-0.2, 0) is 14.8 Å². The number of aliphatic imine (C=N–C) groups is 1. The van der Waals surface area contributed by atoms with Crippen LogP contribution in [0.1, 0.15) is 19.4 Å². The fourth-order valence-corrected chi connectivity index (χ4v) is 3.47. The van der Waals surface area contributed by atoms with E-state index in [9.17, 15) is 13.2 Å². The molecule has 0 atom stereocenters. The summed E-state index contributed by atoms with van der Waals surface area (Å²) in [6.45, 7) is 3.45. The molecule has 0 saturated carbocycles. The van der Waals surface area contributed by atoms with Gasteiger partial charge < -0.3 is 0 Å². The van der Waals surface area contributed by atoms with Crippen LogP contribution in [0.2, 0.25) is 0 Å². The molecule has 5 nitrogen and oxygen atoms in total. The summed E-state index contributed by atoms with van der Waals surface area (Å²) in [5.74, 6) is -0.0119. The van der Waals surface area contributed by atoms with Crippen LogP contribution < -0.4 is 0 Å². The Morgan fingerprint density at radius 2 is 1.41 bits per heavy atom. The lowest BCUT2D eigenvalue weighted by Crippen LogP contribution is -2.13. The second-order valence-electron chi connectivity index (χ2n) is 6.09. The maximum Gasteiger partial charge on any atom is 0.284 e. The third-order valence-corrected chi connectivity index (χ3v) is 5.28. The van der Waals surface area contributed by atoms with Gasteiger partial charge in [0.15, 0.2) is 11.6 Å². The second-order valence-corrected chi connectivity index (χ2v) is 7.69. The standard InChI is InChI=1S/C21H18N2O3S/c1-15-14-20(24)16(2)13-19(15)22-21(17-9-5-3-6-10-17)23-27(25,26)18-11-7-4-8-12-18/h3-14H,1-2H3. The van der Waals surface area contributed by atoms with Gasteiger partial charge in [0.05, 0.1) is 10.6 Å². The number of allylic oxidation sites excluding steroid dienone is 4. The van der Waals surface area contributed by atoms with Gasteiger partial charge in [-0.15, -0.1) is 4.40 Å². The Hall–Kier alpha value is -3.12. The molecule has 0 heterocycles. The van der Waals surface area contributed by atoms with E-state index in [4.69, 9.17) is 0 Å². The normalized spacial score (nSPS) is 16.9. The number of hydrogen-bond donors (Lipinski definition) is 0. The van der Waals surface area contributed by atoms with Gasteiger partial charge in [0, 0.05) is 5.56 Å². The van der Waals surface area contributed by atoms with E-state index in [0.717, 1.165) is 0 Å². The molecule has 0 amide bonds. The minimum absolute atomic E-state index is 0.0700. The van der Waals surface area contributed by atoms with E-state index >= 15 is 0 Å². The van der Waals surface area contributed by atoms with Gasteiger partial charge in [-0.1, -0.05) is 48.5 Å². The van der Waals surface area contributed by atoms with Gasteiger partial charge in [-0.25, -0.2) is 4.99 Å². The van der Waals surface area contributed by atoms with Crippen LogP contribution in [0.25, 0.3) is 0 Å². The lowest BCUT2D eigenvalue weighted by Gasteiger charge is -2.11. The first-order valence-corrected chi connectivity index (χ1v) is 9.76. The summed E-state index contributed by atoms with van der Waals surface area (Å²) in [5, 5.41) is 0. The maximum absolute atomic E-state index is 12.7. The van der Waals surface area contributed by atoms with Gasteiger partial charge in [0.2, 0.25) is 0 Å². The molecule has 2 aromatic carbocycles. The molecule has 1 aliphatic carbocycles. The number of amidine groups is 1. The lowest BCUT2D eigenvalue weighted by atomic mass is 9.98. The van der Waals surface area contributed by atoms with Gasteiger partial charge in [0.1, 0.15) is 0 Å². The molecule has 136 valence electrons. The van der Waals surface area contributed by atoms with Crippen LogP contribution in [0.4, 0.5) is 0 Å². The van der Waals surface area contributed by atoms with Crippen molar-refractivity contribution in [3.05, 3.63) is 89.5 Å². The summed E-state index contributed by atoms with van der Waals surface area (Å²) in [5.41, 5.74) is 2.28. The molecule has 0 aliphatic heterocycles. The predicted octanol–water partition coefficient (Wildman–Crippen LogP) is 3.74. The van der Waals surface area contributed by atoms with E-state index in [1.165, 1.54) is 18.2 Å². The van der Waals surface area contributed by atoms with Crippen LogP contribution in [0, 0.1) is 0 Å². The highest BCUT2D eigenvalue weighted by Gasteiger charge is 2.17. The van der Waals surface area contributed by atoms with Gasteiger partial charge in [-0.05, 0) is 49.3 Å². The Kier molecular flexibility index (Phi) is 5.28. The molecular formula is C21H18N2O3S. The Bertz CT molecular complexity index is 1090. The summed E-state index contributed by atoms with van der Waals surface area (Å²) < 4.78 is 29.4. The smallest absolute Gasteiger partial charge is 0.284 e. The van der Waals surface area contributed by atoms with Crippen molar-refractivity contribution in [2.75, 3.05) is 0 Å². The summed E-state index contributed by atoms with van der Waals surface area (Å²) in [7, 11) is -3.93. The molecule has 2 aromatic rings. The van der Waals surface area contributed by atoms with Gasteiger partial charge in [0.25, 0.3) is 10.0 Å². The van der Waals surface area contributed by atoms with E-state index < -0.39 is 10.0 Å². The van der Waals surface area contributed by atoms with Gasteiger partial charge in [-0.3, -0.25) is 4.79 Å². The second kappa shape index (κ2) is 7.63. The van der Waals surface area contributed by atoms with Crippen molar-refractivity contribution in [2.24, 2.45) is 9.39 Å².